The average molecular weight is 260 g/mol. The largest absolute Gasteiger partial charge is 0.314 e. The maximum atomic E-state index is 12.7. The lowest BCUT2D eigenvalue weighted by molar-refractivity contribution is -0.124. The molecule has 1 amide bonds. The first-order valence-electron chi connectivity index (χ1n) is 7.25. The smallest absolute Gasteiger partial charge is 0.247 e. The molecule has 0 saturated carbocycles. The Morgan fingerprint density at radius 1 is 1.32 bits per heavy atom. The van der Waals surface area contributed by atoms with Gasteiger partial charge in [-0.15, -0.1) is 0 Å². The van der Waals surface area contributed by atoms with Crippen molar-refractivity contribution in [2.24, 2.45) is 0 Å². The van der Waals surface area contributed by atoms with Gasteiger partial charge in [-0.05, 0) is 49.9 Å². The van der Waals surface area contributed by atoms with Gasteiger partial charge >= 0.3 is 0 Å². The Bertz CT molecular complexity index is 433. The molecule has 1 heterocycles. The van der Waals surface area contributed by atoms with Gasteiger partial charge in [0.15, 0.2) is 0 Å². The molecule has 1 aromatic rings. The van der Waals surface area contributed by atoms with Gasteiger partial charge in [0.25, 0.3) is 0 Å². The first kappa shape index (κ1) is 14.1. The van der Waals surface area contributed by atoms with E-state index >= 15 is 0 Å². The maximum absolute atomic E-state index is 12.7. The van der Waals surface area contributed by atoms with E-state index in [1.165, 1.54) is 5.56 Å². The summed E-state index contributed by atoms with van der Waals surface area (Å²) in [5, 5.41) is 3.40. The molecule has 1 aromatic carbocycles. The van der Waals surface area contributed by atoms with Crippen LogP contribution in [0.5, 0.6) is 0 Å². The fraction of sp³-hybridized carbons (Fsp3) is 0.562. The van der Waals surface area contributed by atoms with Gasteiger partial charge in [-0.2, -0.15) is 0 Å². The Morgan fingerprint density at radius 3 is 2.47 bits per heavy atom. The maximum Gasteiger partial charge on any atom is 0.247 e. The Morgan fingerprint density at radius 2 is 2.00 bits per heavy atom. The molecule has 3 heteroatoms. The standard InChI is InChI=1S/C16H24N2O/c1-4-13-7-9-14(10-8-13)18(3)15(19)16(5-2)11-6-12-17-16/h7-10,17H,4-6,11-12H2,1-3H3. The highest BCUT2D eigenvalue weighted by molar-refractivity contribution is 6.00. The van der Waals surface area contributed by atoms with Crippen LogP contribution in [0.2, 0.25) is 0 Å². The van der Waals surface area contributed by atoms with Gasteiger partial charge in [0.2, 0.25) is 5.91 Å². The number of anilines is 1. The molecule has 2 rings (SSSR count). The molecule has 3 nitrogen and oxygen atoms in total. The summed E-state index contributed by atoms with van der Waals surface area (Å²) < 4.78 is 0. The number of rotatable bonds is 4. The van der Waals surface area contributed by atoms with Gasteiger partial charge in [-0.3, -0.25) is 4.79 Å². The summed E-state index contributed by atoms with van der Waals surface area (Å²) in [6.07, 6.45) is 3.91. The minimum atomic E-state index is -0.349. The minimum absolute atomic E-state index is 0.191. The zero-order valence-corrected chi connectivity index (χ0v) is 12.2. The predicted octanol–water partition coefficient (Wildman–Crippen LogP) is 2.74. The molecule has 1 unspecified atom stereocenters. The highest BCUT2D eigenvalue weighted by atomic mass is 16.2. The third-order valence-corrected chi connectivity index (χ3v) is 4.29. The number of carbonyl (C=O) groups is 1. The van der Waals surface area contributed by atoms with Crippen molar-refractivity contribution in [1.82, 2.24) is 5.32 Å². The summed E-state index contributed by atoms with van der Waals surface area (Å²) >= 11 is 0. The van der Waals surface area contributed by atoms with Crippen LogP contribution in [0.15, 0.2) is 24.3 Å². The van der Waals surface area contributed by atoms with Crippen molar-refractivity contribution in [3.63, 3.8) is 0 Å². The second-order valence-corrected chi connectivity index (χ2v) is 5.35. The van der Waals surface area contributed by atoms with E-state index in [2.05, 4.69) is 31.3 Å². The topological polar surface area (TPSA) is 32.3 Å². The lowest BCUT2D eigenvalue weighted by Gasteiger charge is -2.32. The van der Waals surface area contributed by atoms with Crippen molar-refractivity contribution in [3.8, 4) is 0 Å². The van der Waals surface area contributed by atoms with Crippen molar-refractivity contribution in [1.29, 1.82) is 0 Å². The van der Waals surface area contributed by atoms with Gasteiger partial charge in [-0.25, -0.2) is 0 Å². The van der Waals surface area contributed by atoms with Crippen molar-refractivity contribution in [3.05, 3.63) is 29.8 Å². The Hall–Kier alpha value is -1.35. The molecule has 0 aliphatic carbocycles. The third kappa shape index (κ3) is 2.66. The van der Waals surface area contributed by atoms with E-state index < -0.39 is 0 Å². The molecule has 1 atom stereocenters. The molecule has 0 bridgehead atoms. The van der Waals surface area contributed by atoms with E-state index in [9.17, 15) is 4.79 Å². The lowest BCUT2D eigenvalue weighted by Crippen LogP contribution is -2.53. The molecule has 0 aromatic heterocycles. The Balaban J connectivity index is 2.17. The monoisotopic (exact) mass is 260 g/mol. The van der Waals surface area contributed by atoms with Gasteiger partial charge in [0, 0.05) is 12.7 Å². The third-order valence-electron chi connectivity index (χ3n) is 4.29. The van der Waals surface area contributed by atoms with Crippen LogP contribution < -0.4 is 10.2 Å². The molecule has 104 valence electrons. The normalized spacial score (nSPS) is 22.5. The minimum Gasteiger partial charge on any atom is -0.314 e. The number of aryl methyl sites for hydroxylation is 1. The van der Waals surface area contributed by atoms with E-state index in [4.69, 9.17) is 0 Å². The molecule has 1 aliphatic heterocycles. The Labute approximate surface area is 116 Å². The van der Waals surface area contributed by atoms with Gasteiger partial charge in [0.1, 0.15) is 0 Å². The van der Waals surface area contributed by atoms with E-state index in [1.54, 1.807) is 4.90 Å². The zero-order valence-electron chi connectivity index (χ0n) is 12.2. The van der Waals surface area contributed by atoms with Crippen molar-refractivity contribution in [2.75, 3.05) is 18.5 Å². The fourth-order valence-electron chi connectivity index (χ4n) is 2.84. The number of hydrogen-bond acceptors (Lipinski definition) is 2. The summed E-state index contributed by atoms with van der Waals surface area (Å²) in [4.78, 5) is 14.5. The van der Waals surface area contributed by atoms with E-state index in [0.717, 1.165) is 37.9 Å². The SMILES string of the molecule is CCc1ccc(N(C)C(=O)C2(CC)CCCN2)cc1. The number of carbonyl (C=O) groups excluding carboxylic acids is 1. The highest BCUT2D eigenvalue weighted by Crippen LogP contribution is 2.27. The summed E-state index contributed by atoms with van der Waals surface area (Å²) in [5.74, 6) is 0.191. The number of likely N-dealkylation sites (N-methyl/N-ethyl adjacent to an activating group) is 1. The van der Waals surface area contributed by atoms with Crippen LogP contribution in [0.1, 0.15) is 38.7 Å². The second kappa shape index (κ2) is 5.74. The van der Waals surface area contributed by atoms with Crippen molar-refractivity contribution >= 4 is 11.6 Å². The lowest BCUT2D eigenvalue weighted by atomic mass is 9.92. The molecule has 1 fully saturated rings. The Kier molecular flexibility index (Phi) is 4.25. The molecule has 0 spiro atoms. The molecule has 1 N–H and O–H groups in total. The van der Waals surface area contributed by atoms with E-state index in [1.807, 2.05) is 19.2 Å². The number of hydrogen-bond donors (Lipinski definition) is 1. The summed E-state index contributed by atoms with van der Waals surface area (Å²) in [6, 6.07) is 8.27. The van der Waals surface area contributed by atoms with Crippen molar-refractivity contribution in [2.45, 2.75) is 45.1 Å². The van der Waals surface area contributed by atoms with Gasteiger partial charge in [0.05, 0.1) is 5.54 Å². The summed E-state index contributed by atoms with van der Waals surface area (Å²) in [6.45, 7) is 5.17. The van der Waals surface area contributed by atoms with Crippen LogP contribution in [0, 0.1) is 0 Å². The van der Waals surface area contributed by atoms with Crippen LogP contribution in [0.25, 0.3) is 0 Å². The van der Waals surface area contributed by atoms with Crippen LogP contribution in [-0.2, 0) is 11.2 Å². The van der Waals surface area contributed by atoms with E-state index in [-0.39, 0.29) is 11.4 Å². The van der Waals surface area contributed by atoms with Crippen LogP contribution >= 0.6 is 0 Å². The molecule has 19 heavy (non-hydrogen) atoms. The van der Waals surface area contributed by atoms with Crippen molar-refractivity contribution < 1.29 is 4.79 Å². The molecule has 1 aliphatic rings. The number of nitrogens with zero attached hydrogens (tertiary/aromatic N) is 1. The van der Waals surface area contributed by atoms with Crippen LogP contribution in [0.4, 0.5) is 5.69 Å². The zero-order chi connectivity index (χ0) is 13.9. The molecular weight excluding hydrogens is 236 g/mol. The first-order chi connectivity index (χ1) is 9.13. The summed E-state index contributed by atoms with van der Waals surface area (Å²) in [5.41, 5.74) is 1.93. The van der Waals surface area contributed by atoms with Crippen LogP contribution in [-0.4, -0.2) is 25.0 Å². The quantitative estimate of drug-likeness (QED) is 0.903. The number of amides is 1. The highest BCUT2D eigenvalue weighted by Gasteiger charge is 2.41. The molecule has 0 radical (unpaired) electrons. The first-order valence-corrected chi connectivity index (χ1v) is 7.25. The van der Waals surface area contributed by atoms with E-state index in [0.29, 0.717) is 0 Å². The predicted molar refractivity (Wildman–Crippen MR) is 79.5 cm³/mol. The fourth-order valence-corrected chi connectivity index (χ4v) is 2.84. The number of nitrogens with one attached hydrogen (secondary N) is 1. The van der Waals surface area contributed by atoms with Gasteiger partial charge in [-0.1, -0.05) is 26.0 Å². The molecule has 1 saturated heterocycles. The van der Waals surface area contributed by atoms with Crippen LogP contribution in [0.3, 0.4) is 0 Å². The molecular formula is C16H24N2O. The number of benzene rings is 1. The average Bonchev–Trinajstić information content (AvgIpc) is 2.96. The second-order valence-electron chi connectivity index (χ2n) is 5.35. The summed E-state index contributed by atoms with van der Waals surface area (Å²) in [7, 11) is 1.88. The van der Waals surface area contributed by atoms with Gasteiger partial charge < -0.3 is 10.2 Å².